The molecule has 0 aliphatic heterocycles. The van der Waals surface area contributed by atoms with E-state index in [-0.39, 0.29) is 11.1 Å². The van der Waals surface area contributed by atoms with E-state index in [4.69, 9.17) is 0 Å². The Labute approximate surface area is 153 Å². The van der Waals surface area contributed by atoms with Crippen molar-refractivity contribution >= 4 is 28.6 Å². The normalized spacial score (nSPS) is 10.4. The number of carbonyl (C=O) groups is 2. The molecule has 2 aromatic rings. The Morgan fingerprint density at radius 2 is 1.80 bits per heavy atom. The van der Waals surface area contributed by atoms with Gasteiger partial charge in [0.2, 0.25) is 5.91 Å². The molecule has 4 nitrogen and oxygen atoms in total. The van der Waals surface area contributed by atoms with Gasteiger partial charge in [0, 0.05) is 25.4 Å². The molecule has 0 saturated carbocycles. The van der Waals surface area contributed by atoms with E-state index in [2.05, 4.69) is 37.4 Å². The SMILES string of the molecule is Cc1ccc(CCC(=O)Nc2ccccc2SC(=O)N(C)C)c(C)c1. The third-order valence-electron chi connectivity index (χ3n) is 3.84. The maximum absolute atomic E-state index is 12.3. The number of anilines is 1. The summed E-state index contributed by atoms with van der Waals surface area (Å²) in [6.45, 7) is 4.13. The van der Waals surface area contributed by atoms with Gasteiger partial charge in [-0.2, -0.15) is 0 Å². The van der Waals surface area contributed by atoms with Crippen LogP contribution < -0.4 is 5.32 Å². The molecule has 0 atom stereocenters. The number of nitrogens with zero attached hydrogens (tertiary/aromatic N) is 1. The molecule has 0 heterocycles. The summed E-state index contributed by atoms with van der Waals surface area (Å²) in [6.07, 6.45) is 1.11. The second-order valence-electron chi connectivity index (χ2n) is 6.24. The number of thioether (sulfide) groups is 1. The molecule has 2 aromatic carbocycles. The van der Waals surface area contributed by atoms with Gasteiger partial charge in [0.05, 0.1) is 5.69 Å². The van der Waals surface area contributed by atoms with Gasteiger partial charge in [-0.05, 0) is 55.3 Å². The third-order valence-corrected chi connectivity index (χ3v) is 4.96. The lowest BCUT2D eigenvalue weighted by Gasteiger charge is -2.13. The fourth-order valence-corrected chi connectivity index (χ4v) is 3.18. The Balaban J connectivity index is 1.99. The van der Waals surface area contributed by atoms with E-state index in [0.29, 0.717) is 18.5 Å². The molecule has 5 heteroatoms. The predicted molar refractivity (Wildman–Crippen MR) is 104 cm³/mol. The highest BCUT2D eigenvalue weighted by molar-refractivity contribution is 8.13. The Morgan fingerprint density at radius 1 is 1.08 bits per heavy atom. The third kappa shape index (κ3) is 5.64. The number of carbonyl (C=O) groups excluding carboxylic acids is 2. The summed E-state index contributed by atoms with van der Waals surface area (Å²) in [5.74, 6) is -0.0506. The van der Waals surface area contributed by atoms with Crippen LogP contribution in [0.5, 0.6) is 0 Å². The predicted octanol–water partition coefficient (Wildman–Crippen LogP) is 4.65. The number of rotatable bonds is 5. The zero-order valence-corrected chi connectivity index (χ0v) is 15.9. The van der Waals surface area contributed by atoms with Crippen LogP contribution in [-0.2, 0) is 11.2 Å². The average molecular weight is 356 g/mol. The molecule has 132 valence electrons. The summed E-state index contributed by atoms with van der Waals surface area (Å²) < 4.78 is 0. The Kier molecular flexibility index (Phi) is 6.65. The highest BCUT2D eigenvalue weighted by Gasteiger charge is 2.12. The van der Waals surface area contributed by atoms with Crippen molar-refractivity contribution in [2.45, 2.75) is 31.6 Å². The van der Waals surface area contributed by atoms with Crippen LogP contribution in [0.1, 0.15) is 23.1 Å². The summed E-state index contributed by atoms with van der Waals surface area (Å²) in [5, 5.41) is 2.85. The maximum Gasteiger partial charge on any atom is 0.286 e. The molecule has 2 rings (SSSR count). The molecular weight excluding hydrogens is 332 g/mol. The topological polar surface area (TPSA) is 49.4 Å². The van der Waals surface area contributed by atoms with Crippen molar-refractivity contribution in [1.82, 2.24) is 4.90 Å². The van der Waals surface area contributed by atoms with Gasteiger partial charge < -0.3 is 10.2 Å². The first-order valence-corrected chi connectivity index (χ1v) is 9.02. The molecule has 0 radical (unpaired) electrons. The Morgan fingerprint density at radius 3 is 2.48 bits per heavy atom. The van der Waals surface area contributed by atoms with Crippen molar-refractivity contribution in [3.8, 4) is 0 Å². The maximum atomic E-state index is 12.3. The molecule has 0 aromatic heterocycles. The van der Waals surface area contributed by atoms with Crippen LogP contribution in [0.25, 0.3) is 0 Å². The number of aryl methyl sites for hydroxylation is 3. The monoisotopic (exact) mass is 356 g/mol. The number of benzene rings is 2. The van der Waals surface area contributed by atoms with E-state index in [1.807, 2.05) is 24.3 Å². The van der Waals surface area contributed by atoms with Crippen LogP contribution in [0.4, 0.5) is 10.5 Å². The highest BCUT2D eigenvalue weighted by atomic mass is 32.2. The van der Waals surface area contributed by atoms with Crippen molar-refractivity contribution < 1.29 is 9.59 Å². The Bertz CT molecular complexity index is 772. The molecule has 0 bridgehead atoms. The van der Waals surface area contributed by atoms with Crippen LogP contribution in [0.2, 0.25) is 0 Å². The van der Waals surface area contributed by atoms with Crippen molar-refractivity contribution in [3.05, 3.63) is 59.2 Å². The second kappa shape index (κ2) is 8.72. The first-order chi connectivity index (χ1) is 11.9. The second-order valence-corrected chi connectivity index (χ2v) is 7.23. The standard InChI is InChI=1S/C20H24N2O2S/c1-14-9-10-16(15(2)13-14)11-12-19(23)21-17-7-5-6-8-18(17)25-20(24)22(3)4/h5-10,13H,11-12H2,1-4H3,(H,21,23). The zero-order chi connectivity index (χ0) is 18.4. The minimum Gasteiger partial charge on any atom is -0.339 e. The Hall–Kier alpha value is -2.27. The quantitative estimate of drug-likeness (QED) is 0.794. The van der Waals surface area contributed by atoms with Gasteiger partial charge in [0.1, 0.15) is 0 Å². The van der Waals surface area contributed by atoms with Crippen LogP contribution in [0.3, 0.4) is 0 Å². The number of para-hydroxylation sites is 1. The smallest absolute Gasteiger partial charge is 0.286 e. The van der Waals surface area contributed by atoms with Crippen molar-refractivity contribution in [2.24, 2.45) is 0 Å². The largest absolute Gasteiger partial charge is 0.339 e. The van der Waals surface area contributed by atoms with Crippen LogP contribution in [-0.4, -0.2) is 30.1 Å². The lowest BCUT2D eigenvalue weighted by Crippen LogP contribution is -2.17. The van der Waals surface area contributed by atoms with Gasteiger partial charge in [0.15, 0.2) is 0 Å². The lowest BCUT2D eigenvalue weighted by atomic mass is 10.0. The van der Waals surface area contributed by atoms with E-state index >= 15 is 0 Å². The molecule has 0 aliphatic rings. The van der Waals surface area contributed by atoms with E-state index in [1.54, 1.807) is 14.1 Å². The fraction of sp³-hybridized carbons (Fsp3) is 0.300. The fourth-order valence-electron chi connectivity index (χ4n) is 2.43. The summed E-state index contributed by atoms with van der Waals surface area (Å²) in [6, 6.07) is 13.6. The first-order valence-electron chi connectivity index (χ1n) is 8.21. The molecule has 1 N–H and O–H groups in total. The van der Waals surface area contributed by atoms with Crippen molar-refractivity contribution in [3.63, 3.8) is 0 Å². The molecule has 0 spiro atoms. The minimum absolute atomic E-state index is 0.0506. The van der Waals surface area contributed by atoms with Gasteiger partial charge in [0.25, 0.3) is 5.24 Å². The number of hydrogen-bond donors (Lipinski definition) is 1. The van der Waals surface area contributed by atoms with Gasteiger partial charge in [-0.25, -0.2) is 0 Å². The van der Waals surface area contributed by atoms with Gasteiger partial charge in [-0.1, -0.05) is 35.9 Å². The summed E-state index contributed by atoms with van der Waals surface area (Å²) in [7, 11) is 3.42. The highest BCUT2D eigenvalue weighted by Crippen LogP contribution is 2.28. The van der Waals surface area contributed by atoms with Crippen LogP contribution in [0.15, 0.2) is 47.4 Å². The zero-order valence-electron chi connectivity index (χ0n) is 15.1. The summed E-state index contributed by atoms with van der Waals surface area (Å²) >= 11 is 1.11. The van der Waals surface area contributed by atoms with Gasteiger partial charge in [-0.3, -0.25) is 9.59 Å². The molecule has 2 amide bonds. The minimum atomic E-state index is -0.0722. The van der Waals surface area contributed by atoms with Gasteiger partial charge in [-0.15, -0.1) is 0 Å². The molecule has 0 unspecified atom stereocenters. The van der Waals surface area contributed by atoms with E-state index in [1.165, 1.54) is 21.6 Å². The summed E-state index contributed by atoms with van der Waals surface area (Å²) in [5.41, 5.74) is 4.29. The van der Waals surface area contributed by atoms with Crippen molar-refractivity contribution in [1.29, 1.82) is 0 Å². The van der Waals surface area contributed by atoms with E-state index in [0.717, 1.165) is 16.7 Å². The average Bonchev–Trinajstić information content (AvgIpc) is 2.55. The lowest BCUT2D eigenvalue weighted by molar-refractivity contribution is -0.116. The number of hydrogen-bond acceptors (Lipinski definition) is 3. The van der Waals surface area contributed by atoms with Crippen molar-refractivity contribution in [2.75, 3.05) is 19.4 Å². The molecule has 0 aliphatic carbocycles. The van der Waals surface area contributed by atoms with E-state index in [9.17, 15) is 9.59 Å². The number of amides is 2. The number of nitrogens with one attached hydrogen (secondary N) is 1. The van der Waals surface area contributed by atoms with Crippen LogP contribution >= 0.6 is 11.8 Å². The molecule has 25 heavy (non-hydrogen) atoms. The first kappa shape index (κ1) is 19.1. The molecule has 0 fully saturated rings. The van der Waals surface area contributed by atoms with E-state index < -0.39 is 0 Å². The van der Waals surface area contributed by atoms with Gasteiger partial charge >= 0.3 is 0 Å². The molecular formula is C20H24N2O2S. The molecule has 0 saturated heterocycles. The van der Waals surface area contributed by atoms with Crippen LogP contribution in [0, 0.1) is 13.8 Å². The summed E-state index contributed by atoms with van der Waals surface area (Å²) in [4.78, 5) is 26.5.